The number of hydrogen-bond donors (Lipinski definition) is 3. The molecule has 0 aliphatic carbocycles. The van der Waals surface area contributed by atoms with Crippen molar-refractivity contribution in [1.29, 1.82) is 0 Å². The Hall–Kier alpha value is -1.76. The lowest BCUT2D eigenvalue weighted by molar-refractivity contribution is -1.02. The van der Waals surface area contributed by atoms with Gasteiger partial charge in [0.25, 0.3) is 0 Å². The third kappa shape index (κ3) is 4.69. The summed E-state index contributed by atoms with van der Waals surface area (Å²) in [6, 6.07) is 12.4. The first-order valence-corrected chi connectivity index (χ1v) is 9.73. The Labute approximate surface area is 163 Å². The van der Waals surface area contributed by atoms with Crippen LogP contribution in [0.2, 0.25) is 0 Å². The predicted octanol–water partition coefficient (Wildman–Crippen LogP) is 0.656. The Morgan fingerprint density at radius 1 is 0.885 bits per heavy atom. The zero-order valence-corrected chi connectivity index (χ0v) is 16.9. The number of piperazine rings is 1. The van der Waals surface area contributed by atoms with Crippen molar-refractivity contribution in [2.45, 2.75) is 13.1 Å². The van der Waals surface area contributed by atoms with E-state index in [0.717, 1.165) is 49.3 Å². The van der Waals surface area contributed by atoms with Crippen molar-refractivity contribution in [2.24, 2.45) is 0 Å². The summed E-state index contributed by atoms with van der Waals surface area (Å²) in [4.78, 5) is 3.19. The number of benzene rings is 2. The van der Waals surface area contributed by atoms with Crippen LogP contribution in [0.4, 0.5) is 0 Å². The molecule has 1 saturated heterocycles. The van der Waals surface area contributed by atoms with Crippen LogP contribution in [0.25, 0.3) is 0 Å². The van der Waals surface area contributed by atoms with Crippen LogP contribution in [0, 0.1) is 0 Å². The second kappa shape index (κ2) is 8.75. The number of quaternary nitrogens is 2. The zero-order chi connectivity index (χ0) is 18.5. The van der Waals surface area contributed by atoms with E-state index in [-0.39, 0.29) is 5.75 Å². The summed E-state index contributed by atoms with van der Waals surface area (Å²) >= 11 is 3.55. The fourth-order valence-electron chi connectivity index (χ4n) is 3.58. The topological polar surface area (TPSA) is 47.6 Å². The lowest BCUT2D eigenvalue weighted by atomic mass is 10.1. The quantitative estimate of drug-likeness (QED) is 0.640. The molecule has 0 spiro atoms. The van der Waals surface area contributed by atoms with E-state index < -0.39 is 0 Å². The molecule has 140 valence electrons. The average molecular weight is 423 g/mol. The number of phenolic OH excluding ortho intramolecular Hbond substituents is 1. The van der Waals surface area contributed by atoms with Crippen LogP contribution >= 0.6 is 15.9 Å². The smallest absolute Gasteiger partial charge is 0.200 e. The minimum absolute atomic E-state index is 0.0667. The molecule has 3 N–H and O–H groups in total. The van der Waals surface area contributed by atoms with Crippen molar-refractivity contribution in [2.75, 3.05) is 40.4 Å². The van der Waals surface area contributed by atoms with Crippen molar-refractivity contribution in [1.82, 2.24) is 0 Å². The molecule has 3 rings (SSSR count). The highest BCUT2D eigenvalue weighted by Gasteiger charge is 2.24. The monoisotopic (exact) mass is 422 g/mol. The van der Waals surface area contributed by atoms with Gasteiger partial charge in [-0.2, -0.15) is 0 Å². The van der Waals surface area contributed by atoms with Crippen LogP contribution in [0.5, 0.6) is 17.2 Å². The first-order valence-electron chi connectivity index (χ1n) is 8.94. The molecule has 2 aromatic rings. The maximum Gasteiger partial charge on any atom is 0.200 e. The van der Waals surface area contributed by atoms with Gasteiger partial charge in [0.1, 0.15) is 39.3 Å². The highest BCUT2D eigenvalue weighted by molar-refractivity contribution is 9.10. The van der Waals surface area contributed by atoms with Crippen molar-refractivity contribution >= 4 is 15.9 Å². The maximum absolute atomic E-state index is 10.0. The Morgan fingerprint density at radius 3 is 1.92 bits per heavy atom. The number of hydrogen-bond acceptors (Lipinski definition) is 3. The molecule has 0 amide bonds. The van der Waals surface area contributed by atoms with Crippen molar-refractivity contribution < 1.29 is 24.4 Å². The molecule has 0 aromatic heterocycles. The number of methoxy groups -OCH3 is 2. The molecule has 6 heteroatoms. The number of phenols is 1. The van der Waals surface area contributed by atoms with Gasteiger partial charge in [0.2, 0.25) is 5.75 Å². The van der Waals surface area contributed by atoms with Crippen LogP contribution in [0.15, 0.2) is 40.9 Å². The van der Waals surface area contributed by atoms with Gasteiger partial charge in [0.05, 0.1) is 14.2 Å². The van der Waals surface area contributed by atoms with E-state index in [1.54, 1.807) is 24.0 Å². The molecular weight excluding hydrogens is 396 g/mol. The highest BCUT2D eigenvalue weighted by atomic mass is 79.9. The molecule has 1 fully saturated rings. The Balaban J connectivity index is 1.57. The predicted molar refractivity (Wildman–Crippen MR) is 104 cm³/mol. The molecule has 0 atom stereocenters. The SMILES string of the molecule is COc1cc(C[NH+]2CC[NH+](Cc3cccc(Br)c3)CC2)cc(OC)c1O. The van der Waals surface area contributed by atoms with Crippen molar-refractivity contribution in [3.8, 4) is 17.2 Å². The maximum atomic E-state index is 10.0. The largest absolute Gasteiger partial charge is 0.502 e. The number of ether oxygens (including phenoxy) is 2. The summed E-state index contributed by atoms with van der Waals surface area (Å²) in [5.41, 5.74) is 2.51. The first kappa shape index (κ1) is 19.0. The fourth-order valence-corrected chi connectivity index (χ4v) is 4.03. The Kier molecular flexibility index (Phi) is 6.40. The van der Waals surface area contributed by atoms with Crippen LogP contribution in [-0.4, -0.2) is 45.5 Å². The van der Waals surface area contributed by atoms with E-state index in [9.17, 15) is 5.11 Å². The number of halogens is 1. The standard InChI is InChI=1S/C20H25BrN2O3/c1-25-18-11-16(12-19(26-2)20(18)24)14-23-8-6-22(7-9-23)13-15-4-3-5-17(21)10-15/h3-5,10-12,24H,6-9,13-14H2,1-2H3/p+2. The molecule has 0 bridgehead atoms. The van der Waals surface area contributed by atoms with Gasteiger partial charge in [-0.05, 0) is 24.3 Å². The van der Waals surface area contributed by atoms with Gasteiger partial charge in [0, 0.05) is 15.6 Å². The lowest BCUT2D eigenvalue weighted by Crippen LogP contribution is -3.27. The summed E-state index contributed by atoms with van der Waals surface area (Å²) in [6.45, 7) is 6.58. The highest BCUT2D eigenvalue weighted by Crippen LogP contribution is 2.36. The van der Waals surface area contributed by atoms with Crippen molar-refractivity contribution in [3.05, 3.63) is 52.0 Å². The second-order valence-electron chi connectivity index (χ2n) is 6.83. The second-order valence-corrected chi connectivity index (χ2v) is 7.75. The van der Waals surface area contributed by atoms with E-state index in [0.29, 0.717) is 11.5 Å². The minimum atomic E-state index is 0.0667. The molecule has 1 aliphatic rings. The molecule has 2 aromatic carbocycles. The van der Waals surface area contributed by atoms with Crippen LogP contribution in [0.3, 0.4) is 0 Å². The molecule has 26 heavy (non-hydrogen) atoms. The Morgan fingerprint density at radius 2 is 1.42 bits per heavy atom. The molecule has 1 heterocycles. The van der Waals surface area contributed by atoms with E-state index >= 15 is 0 Å². The van der Waals surface area contributed by atoms with Gasteiger partial charge < -0.3 is 24.4 Å². The molecule has 0 radical (unpaired) electrons. The van der Waals surface area contributed by atoms with E-state index in [1.165, 1.54) is 5.56 Å². The van der Waals surface area contributed by atoms with Crippen molar-refractivity contribution in [3.63, 3.8) is 0 Å². The molecular formula is C20H27BrN2O3+2. The number of aromatic hydroxyl groups is 1. The van der Waals surface area contributed by atoms with E-state index in [4.69, 9.17) is 9.47 Å². The summed E-state index contributed by atoms with van der Waals surface area (Å²) in [5, 5.41) is 10.0. The summed E-state index contributed by atoms with van der Waals surface area (Å²) in [7, 11) is 3.13. The first-order chi connectivity index (χ1) is 12.6. The van der Waals surface area contributed by atoms with Gasteiger partial charge >= 0.3 is 0 Å². The Bertz CT molecular complexity index is 721. The third-order valence-electron chi connectivity index (χ3n) is 5.00. The summed E-state index contributed by atoms with van der Waals surface area (Å²) in [6.07, 6.45) is 0. The molecule has 1 aliphatic heterocycles. The third-order valence-corrected chi connectivity index (χ3v) is 5.49. The number of nitrogens with one attached hydrogen (secondary N) is 2. The summed E-state index contributed by atoms with van der Waals surface area (Å²) in [5.74, 6) is 1.01. The fraction of sp³-hybridized carbons (Fsp3) is 0.400. The molecule has 0 saturated carbocycles. The molecule has 5 nitrogen and oxygen atoms in total. The van der Waals surface area contributed by atoms with Gasteiger partial charge in [0.15, 0.2) is 11.5 Å². The van der Waals surface area contributed by atoms with E-state index in [1.807, 2.05) is 12.1 Å². The van der Waals surface area contributed by atoms with Crippen LogP contribution in [0.1, 0.15) is 11.1 Å². The normalized spacial score (nSPS) is 20.0. The van der Waals surface area contributed by atoms with Crippen LogP contribution < -0.4 is 19.3 Å². The lowest BCUT2D eigenvalue weighted by Gasteiger charge is -2.30. The van der Waals surface area contributed by atoms with Gasteiger partial charge in [-0.25, -0.2) is 0 Å². The summed E-state index contributed by atoms with van der Waals surface area (Å²) < 4.78 is 11.7. The van der Waals surface area contributed by atoms with Crippen LogP contribution in [-0.2, 0) is 13.1 Å². The van der Waals surface area contributed by atoms with Gasteiger partial charge in [-0.1, -0.05) is 28.1 Å². The van der Waals surface area contributed by atoms with Gasteiger partial charge in [-0.3, -0.25) is 0 Å². The van der Waals surface area contributed by atoms with E-state index in [2.05, 4.69) is 40.2 Å². The minimum Gasteiger partial charge on any atom is -0.502 e. The average Bonchev–Trinajstić information content (AvgIpc) is 2.64. The number of rotatable bonds is 6. The molecule has 0 unspecified atom stereocenters. The zero-order valence-electron chi connectivity index (χ0n) is 15.3. The van der Waals surface area contributed by atoms with Gasteiger partial charge in [-0.15, -0.1) is 0 Å².